The van der Waals surface area contributed by atoms with Crippen LogP contribution in [0.4, 0.5) is 0 Å². The lowest BCUT2D eigenvalue weighted by Crippen LogP contribution is -2.25. The van der Waals surface area contributed by atoms with Crippen LogP contribution < -0.4 is 5.32 Å². The molecule has 0 bridgehead atoms. The Labute approximate surface area is 136 Å². The number of pyridine rings is 1. The van der Waals surface area contributed by atoms with E-state index in [0.29, 0.717) is 10.0 Å². The Morgan fingerprint density at radius 1 is 1.14 bits per heavy atom. The molecule has 0 radical (unpaired) electrons. The summed E-state index contributed by atoms with van der Waals surface area (Å²) in [6, 6.07) is 9.80. The van der Waals surface area contributed by atoms with Crippen LogP contribution in [0, 0.1) is 0 Å². The van der Waals surface area contributed by atoms with Crippen LogP contribution in [0.1, 0.15) is 43.1 Å². The molecule has 0 aliphatic carbocycles. The fourth-order valence-electron chi connectivity index (χ4n) is 2.40. The average molecular weight is 323 g/mol. The van der Waals surface area contributed by atoms with Crippen molar-refractivity contribution < 1.29 is 0 Å². The molecule has 1 heterocycles. The number of hydrogen-bond donors (Lipinski definition) is 1. The number of hydrogen-bond acceptors (Lipinski definition) is 2. The van der Waals surface area contributed by atoms with Crippen LogP contribution in [0.5, 0.6) is 0 Å². The summed E-state index contributed by atoms with van der Waals surface area (Å²) < 4.78 is 0. The summed E-state index contributed by atoms with van der Waals surface area (Å²) in [7, 11) is 0. The zero-order valence-electron chi connectivity index (χ0n) is 12.4. The molecule has 112 valence electrons. The fraction of sp³-hybridized carbons (Fsp3) is 0.353. The van der Waals surface area contributed by atoms with Gasteiger partial charge in [-0.15, -0.1) is 0 Å². The van der Waals surface area contributed by atoms with Crippen molar-refractivity contribution in [2.45, 2.75) is 32.7 Å². The monoisotopic (exact) mass is 322 g/mol. The largest absolute Gasteiger partial charge is 0.305 e. The van der Waals surface area contributed by atoms with Crippen LogP contribution in [-0.2, 0) is 6.42 Å². The third-order valence-corrected chi connectivity index (χ3v) is 4.30. The third-order valence-electron chi connectivity index (χ3n) is 3.47. The summed E-state index contributed by atoms with van der Waals surface area (Å²) in [5.74, 6) is 0. The fourth-order valence-corrected chi connectivity index (χ4v) is 2.81. The number of benzene rings is 1. The lowest BCUT2D eigenvalue weighted by molar-refractivity contribution is 0.582. The molecule has 0 saturated heterocycles. The van der Waals surface area contributed by atoms with E-state index in [-0.39, 0.29) is 6.04 Å². The number of halogens is 2. The Hall–Kier alpha value is -1.09. The normalized spacial score (nSPS) is 12.4. The van der Waals surface area contributed by atoms with Crippen LogP contribution in [0.15, 0.2) is 36.5 Å². The van der Waals surface area contributed by atoms with E-state index in [1.165, 1.54) is 5.56 Å². The maximum Gasteiger partial charge on any atom is 0.0769 e. The molecular weight excluding hydrogens is 303 g/mol. The molecule has 2 nitrogen and oxygen atoms in total. The van der Waals surface area contributed by atoms with E-state index in [9.17, 15) is 0 Å². The molecule has 1 atom stereocenters. The van der Waals surface area contributed by atoms with Gasteiger partial charge in [-0.2, -0.15) is 0 Å². The third kappa shape index (κ3) is 3.76. The van der Waals surface area contributed by atoms with Gasteiger partial charge in [-0.25, -0.2) is 0 Å². The Morgan fingerprint density at radius 3 is 2.67 bits per heavy atom. The zero-order valence-corrected chi connectivity index (χ0v) is 13.9. The van der Waals surface area contributed by atoms with Crippen molar-refractivity contribution in [1.29, 1.82) is 0 Å². The van der Waals surface area contributed by atoms with Gasteiger partial charge in [-0.1, -0.05) is 55.2 Å². The van der Waals surface area contributed by atoms with E-state index >= 15 is 0 Å². The van der Waals surface area contributed by atoms with Gasteiger partial charge in [0.05, 0.1) is 21.8 Å². The average Bonchev–Trinajstić information content (AvgIpc) is 2.52. The standard InChI is InChI=1S/C17H20Cl2N2/c1-3-10-20-17(13-8-5-9-14(18)15(13)19)16-12(4-2)7-6-11-21-16/h5-9,11,17,20H,3-4,10H2,1-2H3. The molecule has 0 spiro atoms. The summed E-state index contributed by atoms with van der Waals surface area (Å²) in [5.41, 5.74) is 3.23. The molecular formula is C17H20Cl2N2. The molecule has 4 heteroatoms. The highest BCUT2D eigenvalue weighted by Gasteiger charge is 2.21. The van der Waals surface area contributed by atoms with Gasteiger partial charge in [0, 0.05) is 6.20 Å². The lowest BCUT2D eigenvalue weighted by Gasteiger charge is -2.22. The van der Waals surface area contributed by atoms with E-state index in [2.05, 4.69) is 30.2 Å². The summed E-state index contributed by atoms with van der Waals surface area (Å²) in [4.78, 5) is 4.59. The Bertz CT molecular complexity index is 599. The minimum absolute atomic E-state index is 0.0349. The highest BCUT2D eigenvalue weighted by atomic mass is 35.5. The quantitative estimate of drug-likeness (QED) is 0.805. The van der Waals surface area contributed by atoms with Crippen LogP contribution in [0.2, 0.25) is 10.0 Å². The van der Waals surface area contributed by atoms with Gasteiger partial charge in [0.15, 0.2) is 0 Å². The van der Waals surface area contributed by atoms with Gasteiger partial charge >= 0.3 is 0 Å². The molecule has 21 heavy (non-hydrogen) atoms. The van der Waals surface area contributed by atoms with Gasteiger partial charge in [0.2, 0.25) is 0 Å². The maximum atomic E-state index is 6.41. The molecule has 1 N–H and O–H groups in total. The number of aryl methyl sites for hydroxylation is 1. The number of nitrogens with one attached hydrogen (secondary N) is 1. The van der Waals surface area contributed by atoms with Crippen molar-refractivity contribution in [3.63, 3.8) is 0 Å². The second-order valence-corrected chi connectivity index (χ2v) is 5.72. The molecule has 0 amide bonds. The van der Waals surface area contributed by atoms with Crippen LogP contribution >= 0.6 is 23.2 Å². The lowest BCUT2D eigenvalue weighted by atomic mass is 9.98. The second kappa shape index (κ2) is 7.79. The molecule has 2 aromatic rings. The number of aromatic nitrogens is 1. The van der Waals surface area contributed by atoms with Crippen LogP contribution in [0.25, 0.3) is 0 Å². The molecule has 2 rings (SSSR count). The molecule has 0 aliphatic heterocycles. The Balaban J connectivity index is 2.50. The van der Waals surface area contributed by atoms with Crippen molar-refractivity contribution in [3.8, 4) is 0 Å². The van der Waals surface area contributed by atoms with Crippen LogP contribution in [0.3, 0.4) is 0 Å². The highest BCUT2D eigenvalue weighted by Crippen LogP contribution is 2.33. The van der Waals surface area contributed by atoms with Gasteiger partial charge in [-0.05, 0) is 42.6 Å². The summed E-state index contributed by atoms with van der Waals surface area (Å²) in [6.07, 6.45) is 3.81. The van der Waals surface area contributed by atoms with E-state index in [0.717, 1.165) is 30.6 Å². The molecule has 1 aromatic carbocycles. The highest BCUT2D eigenvalue weighted by molar-refractivity contribution is 6.42. The summed E-state index contributed by atoms with van der Waals surface area (Å²) in [6.45, 7) is 5.17. The number of nitrogens with zero attached hydrogens (tertiary/aromatic N) is 1. The smallest absolute Gasteiger partial charge is 0.0769 e. The van der Waals surface area contributed by atoms with Crippen molar-refractivity contribution in [3.05, 3.63) is 63.4 Å². The number of rotatable bonds is 6. The zero-order chi connectivity index (χ0) is 15.2. The van der Waals surface area contributed by atoms with E-state index in [1.807, 2.05) is 30.5 Å². The predicted octanol–water partition coefficient (Wildman–Crippen LogP) is 5.04. The Morgan fingerprint density at radius 2 is 1.95 bits per heavy atom. The molecule has 0 aliphatic rings. The van der Waals surface area contributed by atoms with Crippen molar-refractivity contribution in [2.24, 2.45) is 0 Å². The Kier molecular flexibility index (Phi) is 6.04. The summed E-state index contributed by atoms with van der Waals surface area (Å²) in [5, 5.41) is 4.71. The second-order valence-electron chi connectivity index (χ2n) is 4.93. The summed E-state index contributed by atoms with van der Waals surface area (Å²) >= 11 is 12.6. The predicted molar refractivity (Wildman–Crippen MR) is 90.2 cm³/mol. The first-order valence-electron chi connectivity index (χ1n) is 7.30. The van der Waals surface area contributed by atoms with E-state index in [1.54, 1.807) is 0 Å². The SMILES string of the molecule is CCCNC(c1cccc(Cl)c1Cl)c1ncccc1CC. The first kappa shape index (κ1) is 16.3. The van der Waals surface area contributed by atoms with Gasteiger partial charge in [-0.3, -0.25) is 4.98 Å². The first-order chi connectivity index (χ1) is 10.2. The van der Waals surface area contributed by atoms with Gasteiger partial charge < -0.3 is 5.32 Å². The molecule has 0 fully saturated rings. The molecule has 1 aromatic heterocycles. The first-order valence-corrected chi connectivity index (χ1v) is 8.05. The topological polar surface area (TPSA) is 24.9 Å². The van der Waals surface area contributed by atoms with Crippen molar-refractivity contribution in [1.82, 2.24) is 10.3 Å². The van der Waals surface area contributed by atoms with Crippen molar-refractivity contribution in [2.75, 3.05) is 6.54 Å². The minimum atomic E-state index is -0.0349. The van der Waals surface area contributed by atoms with Crippen molar-refractivity contribution >= 4 is 23.2 Å². The molecule has 0 saturated carbocycles. The van der Waals surface area contributed by atoms with Crippen LogP contribution in [-0.4, -0.2) is 11.5 Å². The maximum absolute atomic E-state index is 6.41. The minimum Gasteiger partial charge on any atom is -0.305 e. The molecule has 1 unspecified atom stereocenters. The van der Waals surface area contributed by atoms with Gasteiger partial charge in [0.1, 0.15) is 0 Å². The van der Waals surface area contributed by atoms with E-state index in [4.69, 9.17) is 23.2 Å². The van der Waals surface area contributed by atoms with Gasteiger partial charge in [0.25, 0.3) is 0 Å². The van der Waals surface area contributed by atoms with E-state index < -0.39 is 0 Å².